The van der Waals surface area contributed by atoms with Gasteiger partial charge in [-0.2, -0.15) is 5.10 Å². The zero-order valence-corrected chi connectivity index (χ0v) is 13.5. The van der Waals surface area contributed by atoms with Crippen LogP contribution in [0.4, 0.5) is 0 Å². The maximum absolute atomic E-state index is 4.30. The Balaban J connectivity index is 2.39. The smallest absolute Gasteiger partial charge is 0.108 e. The number of likely N-dealkylation sites (N-methyl/N-ethyl adjacent to an activating group) is 1. The summed E-state index contributed by atoms with van der Waals surface area (Å²) in [5.74, 6) is 0. The Morgan fingerprint density at radius 3 is 2.65 bits per heavy atom. The molecular weight excluding hydrogens is 246 g/mol. The Morgan fingerprint density at radius 1 is 1.35 bits per heavy atom. The fourth-order valence-electron chi connectivity index (χ4n) is 3.37. The monoisotopic (exact) mass is 274 g/mol. The first-order valence-corrected chi connectivity index (χ1v) is 7.75. The molecule has 0 bridgehead atoms. The molecule has 1 aromatic rings. The minimum atomic E-state index is 0.519. The lowest BCUT2D eigenvalue weighted by Crippen LogP contribution is -2.56. The average Bonchev–Trinajstić information content (AvgIpc) is 2.79. The van der Waals surface area contributed by atoms with E-state index in [9.17, 15) is 0 Å². The third-order valence-corrected chi connectivity index (χ3v) is 4.77. The summed E-state index contributed by atoms with van der Waals surface area (Å²) in [6.45, 7) is 8.15. The minimum absolute atomic E-state index is 0.519. The minimum Gasteiger partial charge on any atom is -0.315 e. The van der Waals surface area contributed by atoms with E-state index in [-0.39, 0.29) is 0 Å². The predicted molar refractivity (Wildman–Crippen MR) is 85.2 cm³/mol. The van der Waals surface area contributed by atoms with E-state index in [1.165, 1.54) is 30.5 Å². The van der Waals surface area contributed by atoms with Crippen molar-refractivity contribution in [3.8, 4) is 0 Å². The predicted octanol–water partition coefficient (Wildman–Crippen LogP) is 3.40. The second kappa shape index (κ2) is 5.96. The van der Waals surface area contributed by atoms with E-state index < -0.39 is 0 Å². The Kier molecular flexibility index (Phi) is 4.48. The number of allylic oxidation sites excluding steroid dienone is 2. The molecule has 3 nitrogen and oxygen atoms in total. The Bertz CT molecular complexity index is 512. The zero-order valence-electron chi connectivity index (χ0n) is 13.5. The van der Waals surface area contributed by atoms with Crippen molar-refractivity contribution >= 4 is 5.57 Å². The molecule has 0 N–H and O–H groups in total. The van der Waals surface area contributed by atoms with Crippen LogP contribution in [-0.2, 0) is 7.05 Å². The van der Waals surface area contributed by atoms with Crippen LogP contribution in [0.5, 0.6) is 0 Å². The van der Waals surface area contributed by atoms with Crippen LogP contribution in [0, 0.1) is 0 Å². The molecule has 0 radical (unpaired) electrons. The molecule has 0 aromatic carbocycles. The molecule has 2 rings (SSSR count). The van der Waals surface area contributed by atoms with Crippen molar-refractivity contribution < 1.29 is 4.48 Å². The lowest BCUT2D eigenvalue weighted by Gasteiger charge is -2.43. The summed E-state index contributed by atoms with van der Waals surface area (Å²) in [6.07, 6.45) is 13.6. The average molecular weight is 274 g/mol. The van der Waals surface area contributed by atoms with Crippen LogP contribution in [-0.4, -0.2) is 39.9 Å². The zero-order chi connectivity index (χ0) is 14.8. The van der Waals surface area contributed by atoms with E-state index >= 15 is 0 Å². The first-order valence-electron chi connectivity index (χ1n) is 7.75. The van der Waals surface area contributed by atoms with Crippen molar-refractivity contribution in [2.24, 2.45) is 7.05 Å². The normalized spacial score (nSPS) is 30.1. The van der Waals surface area contributed by atoms with Gasteiger partial charge >= 0.3 is 0 Å². The molecule has 0 fully saturated rings. The fourth-order valence-corrected chi connectivity index (χ4v) is 3.37. The highest BCUT2D eigenvalue weighted by molar-refractivity contribution is 5.73. The Hall–Kier alpha value is -1.35. The molecule has 1 aromatic heterocycles. The van der Waals surface area contributed by atoms with Gasteiger partial charge < -0.3 is 4.48 Å². The van der Waals surface area contributed by atoms with Crippen LogP contribution in [0.2, 0.25) is 0 Å². The Morgan fingerprint density at radius 2 is 2.10 bits per heavy atom. The molecule has 20 heavy (non-hydrogen) atoms. The molecular formula is C17H28N3+. The van der Waals surface area contributed by atoms with Gasteiger partial charge in [0.1, 0.15) is 12.1 Å². The van der Waals surface area contributed by atoms with Crippen LogP contribution in [0.1, 0.15) is 39.2 Å². The first-order chi connectivity index (χ1) is 9.51. The van der Waals surface area contributed by atoms with Gasteiger partial charge in [-0.15, -0.1) is 0 Å². The maximum atomic E-state index is 4.30. The quantitative estimate of drug-likeness (QED) is 0.770. The number of aryl methyl sites for hydroxylation is 1. The number of hydrogen-bond donors (Lipinski definition) is 0. The second-order valence-electron chi connectivity index (χ2n) is 6.17. The molecule has 1 aliphatic heterocycles. The van der Waals surface area contributed by atoms with Crippen molar-refractivity contribution in [1.82, 2.24) is 9.78 Å². The van der Waals surface area contributed by atoms with E-state index in [0.717, 1.165) is 4.48 Å². The summed E-state index contributed by atoms with van der Waals surface area (Å²) in [5.41, 5.74) is 2.53. The van der Waals surface area contributed by atoms with Gasteiger partial charge in [-0.1, -0.05) is 19.9 Å². The van der Waals surface area contributed by atoms with Crippen molar-refractivity contribution in [2.45, 2.75) is 45.7 Å². The van der Waals surface area contributed by atoms with Crippen LogP contribution in [0.3, 0.4) is 0 Å². The van der Waals surface area contributed by atoms with Gasteiger partial charge in [-0.05, 0) is 31.1 Å². The largest absolute Gasteiger partial charge is 0.315 e. The van der Waals surface area contributed by atoms with Gasteiger partial charge in [0.2, 0.25) is 0 Å². The molecule has 2 heterocycles. The van der Waals surface area contributed by atoms with Crippen molar-refractivity contribution in [1.29, 1.82) is 0 Å². The Labute approximate surface area is 123 Å². The van der Waals surface area contributed by atoms with Crippen molar-refractivity contribution in [2.75, 3.05) is 13.6 Å². The maximum Gasteiger partial charge on any atom is 0.108 e. The van der Waals surface area contributed by atoms with Gasteiger partial charge in [0.25, 0.3) is 0 Å². The summed E-state index contributed by atoms with van der Waals surface area (Å²) in [6, 6.07) is 1.11. The summed E-state index contributed by atoms with van der Waals surface area (Å²) in [5, 5.41) is 4.30. The van der Waals surface area contributed by atoms with E-state index in [2.05, 4.69) is 57.3 Å². The number of aromatic nitrogens is 2. The molecule has 3 atom stereocenters. The molecule has 1 aliphatic rings. The molecule has 3 heteroatoms. The second-order valence-corrected chi connectivity index (χ2v) is 6.17. The molecule has 0 saturated heterocycles. The van der Waals surface area contributed by atoms with Gasteiger partial charge in [0, 0.05) is 25.2 Å². The van der Waals surface area contributed by atoms with Crippen LogP contribution in [0.15, 0.2) is 30.6 Å². The van der Waals surface area contributed by atoms with E-state index in [0.29, 0.717) is 12.1 Å². The number of rotatable bonds is 4. The fraction of sp³-hybridized carbons (Fsp3) is 0.588. The number of nitrogens with zero attached hydrogens (tertiary/aromatic N) is 3. The number of hydrogen-bond acceptors (Lipinski definition) is 1. The highest BCUT2D eigenvalue weighted by Gasteiger charge is 2.35. The summed E-state index contributed by atoms with van der Waals surface area (Å²) in [4.78, 5) is 0. The van der Waals surface area contributed by atoms with Crippen LogP contribution in [0.25, 0.3) is 5.57 Å². The molecule has 3 unspecified atom stereocenters. The molecule has 0 aliphatic carbocycles. The SMILES string of the molecule is CCC[N+]1(C)C(C)C=C(c2cnn(C)c2)C=CC1CC. The summed E-state index contributed by atoms with van der Waals surface area (Å²) < 4.78 is 2.98. The summed E-state index contributed by atoms with van der Waals surface area (Å²) in [7, 11) is 4.37. The van der Waals surface area contributed by atoms with E-state index in [4.69, 9.17) is 0 Å². The molecule has 110 valence electrons. The van der Waals surface area contributed by atoms with Gasteiger partial charge in [-0.3, -0.25) is 4.68 Å². The number of quaternary nitrogens is 1. The van der Waals surface area contributed by atoms with Gasteiger partial charge in [0.05, 0.1) is 19.8 Å². The van der Waals surface area contributed by atoms with Crippen molar-refractivity contribution in [3.63, 3.8) is 0 Å². The molecule has 0 amide bonds. The van der Waals surface area contributed by atoms with E-state index in [1.807, 2.05) is 17.9 Å². The lowest BCUT2D eigenvalue weighted by atomic mass is 10.1. The summed E-state index contributed by atoms with van der Waals surface area (Å²) >= 11 is 0. The lowest BCUT2D eigenvalue weighted by molar-refractivity contribution is -0.942. The van der Waals surface area contributed by atoms with Crippen molar-refractivity contribution in [3.05, 3.63) is 36.2 Å². The molecule has 0 spiro atoms. The highest BCUT2D eigenvalue weighted by atomic mass is 15.4. The standard InChI is InChI=1S/C17H28N3/c1-6-10-20(5)14(3)11-15(8-9-17(20)7-2)16-12-18-19(4)13-16/h8-9,11-14,17H,6-7,10H2,1-5H3/q+1. The third-order valence-electron chi connectivity index (χ3n) is 4.77. The van der Waals surface area contributed by atoms with Gasteiger partial charge in [-0.25, -0.2) is 0 Å². The highest BCUT2D eigenvalue weighted by Crippen LogP contribution is 2.29. The first kappa shape index (κ1) is 15.0. The van der Waals surface area contributed by atoms with Crippen LogP contribution >= 0.6 is 0 Å². The van der Waals surface area contributed by atoms with E-state index in [1.54, 1.807) is 0 Å². The third kappa shape index (κ3) is 2.73. The topological polar surface area (TPSA) is 17.8 Å². The molecule has 0 saturated carbocycles. The van der Waals surface area contributed by atoms with Crippen LogP contribution < -0.4 is 0 Å². The van der Waals surface area contributed by atoms with Gasteiger partial charge in [0.15, 0.2) is 0 Å².